The molecule has 27 heavy (non-hydrogen) atoms. The number of benzene rings is 3. The van der Waals surface area contributed by atoms with Crippen LogP contribution in [0, 0.1) is 18.6 Å². The van der Waals surface area contributed by atoms with Crippen molar-refractivity contribution in [3.8, 4) is 11.1 Å². The third kappa shape index (κ3) is 3.02. The second-order valence-electron chi connectivity index (χ2n) is 6.35. The molecule has 0 spiro atoms. The van der Waals surface area contributed by atoms with Crippen molar-refractivity contribution < 1.29 is 17.2 Å². The van der Waals surface area contributed by atoms with Gasteiger partial charge in [-0.25, -0.2) is 17.2 Å². The van der Waals surface area contributed by atoms with Crippen molar-refractivity contribution in [2.45, 2.75) is 11.8 Å². The van der Waals surface area contributed by atoms with E-state index in [1.807, 2.05) is 6.92 Å². The van der Waals surface area contributed by atoms with Crippen LogP contribution < -0.4 is 4.72 Å². The normalized spacial score (nSPS) is 14.1. The predicted molar refractivity (Wildman–Crippen MR) is 100 cm³/mol. The van der Waals surface area contributed by atoms with Crippen LogP contribution in [0.5, 0.6) is 0 Å². The molecule has 0 saturated heterocycles. The largest absolute Gasteiger partial charge is 0.286 e. The van der Waals surface area contributed by atoms with Gasteiger partial charge in [-0.15, -0.1) is 0 Å². The van der Waals surface area contributed by atoms with Gasteiger partial charge >= 0.3 is 0 Å². The van der Waals surface area contributed by atoms with Gasteiger partial charge in [0.2, 0.25) is 0 Å². The smallest absolute Gasteiger partial charge is 0.261 e. The van der Waals surface area contributed by atoms with Gasteiger partial charge in [-0.2, -0.15) is 0 Å². The topological polar surface area (TPSA) is 46.2 Å². The molecule has 0 saturated carbocycles. The van der Waals surface area contributed by atoms with E-state index in [1.54, 1.807) is 36.4 Å². The molecule has 4 rings (SSSR count). The first-order valence-electron chi connectivity index (χ1n) is 8.25. The van der Waals surface area contributed by atoms with Crippen molar-refractivity contribution in [3.63, 3.8) is 0 Å². The first-order chi connectivity index (χ1) is 12.9. The zero-order valence-corrected chi connectivity index (χ0v) is 15.1. The van der Waals surface area contributed by atoms with Gasteiger partial charge in [-0.3, -0.25) is 4.72 Å². The molecule has 1 aliphatic rings. The van der Waals surface area contributed by atoms with E-state index in [2.05, 4.69) is 4.72 Å². The van der Waals surface area contributed by atoms with E-state index in [1.165, 1.54) is 24.4 Å². The maximum Gasteiger partial charge on any atom is 0.261 e. The van der Waals surface area contributed by atoms with Gasteiger partial charge in [0.25, 0.3) is 10.0 Å². The van der Waals surface area contributed by atoms with E-state index < -0.39 is 21.7 Å². The lowest BCUT2D eigenvalue weighted by atomic mass is 10.1. The fourth-order valence-corrected chi connectivity index (χ4v) is 4.12. The third-order valence-corrected chi connectivity index (χ3v) is 5.84. The lowest BCUT2D eigenvalue weighted by Crippen LogP contribution is -2.18. The van der Waals surface area contributed by atoms with Crippen molar-refractivity contribution in [2.75, 3.05) is 0 Å². The zero-order valence-electron chi connectivity index (χ0n) is 14.3. The highest BCUT2D eigenvalue weighted by Crippen LogP contribution is 2.45. The minimum Gasteiger partial charge on any atom is -0.286 e. The summed E-state index contributed by atoms with van der Waals surface area (Å²) < 4.78 is 55.7. The van der Waals surface area contributed by atoms with Crippen LogP contribution in [0.2, 0.25) is 0 Å². The van der Waals surface area contributed by atoms with E-state index in [4.69, 9.17) is 0 Å². The van der Waals surface area contributed by atoms with Crippen LogP contribution in [0.15, 0.2) is 71.8 Å². The number of hydrogen-bond acceptors (Lipinski definition) is 2. The first-order valence-corrected chi connectivity index (χ1v) is 9.73. The summed E-state index contributed by atoms with van der Waals surface area (Å²) in [6.45, 7) is 1.86. The molecular formula is C21H15F2NO2S. The molecule has 1 aliphatic carbocycles. The number of rotatable bonds is 3. The number of halogens is 2. The van der Waals surface area contributed by atoms with Crippen LogP contribution in [-0.2, 0) is 10.0 Å². The second kappa shape index (κ2) is 6.32. The Morgan fingerprint density at radius 3 is 2.26 bits per heavy atom. The van der Waals surface area contributed by atoms with E-state index >= 15 is 0 Å². The predicted octanol–water partition coefficient (Wildman–Crippen LogP) is 4.62. The molecule has 0 heterocycles. The molecule has 3 nitrogen and oxygen atoms in total. The Hall–Kier alpha value is -2.99. The average molecular weight is 383 g/mol. The van der Waals surface area contributed by atoms with Crippen LogP contribution in [-0.4, -0.2) is 8.42 Å². The molecule has 0 radical (unpaired) electrons. The summed E-state index contributed by atoms with van der Waals surface area (Å²) in [7, 11) is -3.80. The molecule has 0 atom stereocenters. The maximum atomic E-state index is 14.4. The van der Waals surface area contributed by atoms with Crippen molar-refractivity contribution in [1.82, 2.24) is 4.72 Å². The summed E-state index contributed by atoms with van der Waals surface area (Å²) in [6.07, 6.45) is 1.29. The zero-order chi connectivity index (χ0) is 19.2. The highest BCUT2D eigenvalue weighted by molar-refractivity contribution is 7.89. The summed E-state index contributed by atoms with van der Waals surface area (Å²) in [5.74, 6) is -1.39. The van der Waals surface area contributed by atoms with Crippen LogP contribution in [0.4, 0.5) is 8.78 Å². The average Bonchev–Trinajstić information content (AvgIpc) is 2.94. The Morgan fingerprint density at radius 2 is 1.56 bits per heavy atom. The molecule has 0 aliphatic heterocycles. The molecule has 0 bridgehead atoms. The lowest BCUT2D eigenvalue weighted by molar-refractivity contribution is 0.585. The van der Waals surface area contributed by atoms with E-state index in [0.717, 1.165) is 11.6 Å². The summed E-state index contributed by atoms with van der Waals surface area (Å²) in [5, 5.41) is 0. The van der Waals surface area contributed by atoms with Gasteiger partial charge in [-0.05, 0) is 41.8 Å². The van der Waals surface area contributed by atoms with Gasteiger partial charge in [-0.1, -0.05) is 42.0 Å². The lowest BCUT2D eigenvalue weighted by Gasteiger charge is -2.07. The van der Waals surface area contributed by atoms with Crippen molar-refractivity contribution in [1.29, 1.82) is 0 Å². The second-order valence-corrected chi connectivity index (χ2v) is 8.06. The van der Waals surface area contributed by atoms with Gasteiger partial charge in [0.15, 0.2) is 0 Å². The fraction of sp³-hybridized carbons (Fsp3) is 0.0476. The Balaban J connectivity index is 1.81. The Bertz CT molecular complexity index is 1180. The third-order valence-electron chi connectivity index (χ3n) is 4.52. The number of hydrogen-bond donors (Lipinski definition) is 1. The van der Waals surface area contributed by atoms with Gasteiger partial charge in [0.05, 0.1) is 4.90 Å². The van der Waals surface area contributed by atoms with Gasteiger partial charge in [0.1, 0.15) is 11.6 Å². The number of fused-ring (bicyclic) bond motifs is 3. The van der Waals surface area contributed by atoms with Crippen molar-refractivity contribution in [2.24, 2.45) is 0 Å². The quantitative estimate of drug-likeness (QED) is 0.561. The first kappa shape index (κ1) is 17.4. The molecule has 0 amide bonds. The highest BCUT2D eigenvalue weighted by atomic mass is 32.2. The van der Waals surface area contributed by atoms with E-state index in [0.29, 0.717) is 22.3 Å². The Labute approximate surface area is 156 Å². The molecule has 0 aromatic heterocycles. The SMILES string of the molecule is Cc1ccc(S(=O)(=O)N/C=C2/c3ccccc3-c3c(F)cc(F)cc32)cc1. The van der Waals surface area contributed by atoms with E-state index in [9.17, 15) is 17.2 Å². The molecule has 3 aromatic rings. The minimum atomic E-state index is -3.80. The monoisotopic (exact) mass is 383 g/mol. The van der Waals surface area contributed by atoms with Gasteiger partial charge in [0, 0.05) is 23.4 Å². The molecular weight excluding hydrogens is 368 g/mol. The van der Waals surface area contributed by atoms with Crippen LogP contribution in [0.25, 0.3) is 16.7 Å². The molecule has 3 aromatic carbocycles. The van der Waals surface area contributed by atoms with Gasteiger partial charge < -0.3 is 0 Å². The van der Waals surface area contributed by atoms with Crippen LogP contribution >= 0.6 is 0 Å². The summed E-state index contributed by atoms with van der Waals surface area (Å²) in [6, 6.07) is 15.5. The molecule has 0 fully saturated rings. The minimum absolute atomic E-state index is 0.113. The van der Waals surface area contributed by atoms with Crippen LogP contribution in [0.3, 0.4) is 0 Å². The summed E-state index contributed by atoms with van der Waals surface area (Å²) >= 11 is 0. The maximum absolute atomic E-state index is 14.4. The number of aryl methyl sites for hydroxylation is 1. The number of sulfonamides is 1. The van der Waals surface area contributed by atoms with Crippen molar-refractivity contribution in [3.05, 3.63) is 95.2 Å². The highest BCUT2D eigenvalue weighted by Gasteiger charge is 2.27. The number of nitrogens with one attached hydrogen (secondary N) is 1. The molecule has 1 N–H and O–H groups in total. The molecule has 0 unspecified atom stereocenters. The van der Waals surface area contributed by atoms with Crippen LogP contribution in [0.1, 0.15) is 16.7 Å². The van der Waals surface area contributed by atoms with E-state index in [-0.39, 0.29) is 10.5 Å². The van der Waals surface area contributed by atoms with Crippen molar-refractivity contribution >= 4 is 15.6 Å². The fourth-order valence-electron chi connectivity index (χ4n) is 3.22. The summed E-state index contributed by atoms with van der Waals surface area (Å²) in [4.78, 5) is 0.113. The molecule has 6 heteroatoms. The standard InChI is InChI=1S/C21H15F2NO2S/c1-13-6-8-15(9-7-13)27(25,26)24-12-19-16-4-2-3-5-17(16)21-18(19)10-14(22)11-20(21)23/h2-12,24H,1H3/b19-12-. The Morgan fingerprint density at radius 1 is 0.889 bits per heavy atom. The Kier molecular flexibility index (Phi) is 4.08. The molecule has 136 valence electrons. The summed E-state index contributed by atoms with van der Waals surface area (Å²) in [5.41, 5.74) is 3.20.